The van der Waals surface area contributed by atoms with E-state index in [0.717, 1.165) is 0 Å². The van der Waals surface area contributed by atoms with Gasteiger partial charge in [0.25, 0.3) is 0 Å². The average molecular weight is 333 g/mol. The number of hydrogen-bond donors (Lipinski definition) is 1. The summed E-state index contributed by atoms with van der Waals surface area (Å²) >= 11 is 6.25. The number of allylic oxidation sites excluding steroid dienone is 3. The van der Waals surface area contributed by atoms with Crippen molar-refractivity contribution in [3.05, 3.63) is 39.7 Å². The summed E-state index contributed by atoms with van der Waals surface area (Å²) in [6.07, 6.45) is 2.47. The SMILES string of the molecule is Cn1ncc(Cl)c1[C@H]1C(C#N)=C(N)OC2=C1C(=O)CC(C)(C)C2. The minimum absolute atomic E-state index is 0.0269. The van der Waals surface area contributed by atoms with E-state index in [0.29, 0.717) is 34.9 Å². The average Bonchev–Trinajstić information content (AvgIpc) is 2.75. The van der Waals surface area contributed by atoms with Crippen molar-refractivity contribution in [3.8, 4) is 6.07 Å². The number of ketones is 1. The fourth-order valence-corrected chi connectivity index (χ4v) is 3.58. The first-order valence-electron chi connectivity index (χ1n) is 7.26. The first-order valence-corrected chi connectivity index (χ1v) is 7.64. The Labute approximate surface area is 139 Å². The molecule has 0 saturated heterocycles. The first-order chi connectivity index (χ1) is 10.7. The van der Waals surface area contributed by atoms with E-state index in [1.165, 1.54) is 6.20 Å². The van der Waals surface area contributed by atoms with E-state index in [4.69, 9.17) is 22.1 Å². The molecule has 2 N–H and O–H groups in total. The number of nitriles is 1. The highest BCUT2D eigenvalue weighted by Gasteiger charge is 2.44. The van der Waals surface area contributed by atoms with Crippen LogP contribution in [0.15, 0.2) is 29.0 Å². The topological polar surface area (TPSA) is 93.9 Å². The molecule has 0 bridgehead atoms. The van der Waals surface area contributed by atoms with Crippen molar-refractivity contribution in [2.24, 2.45) is 18.2 Å². The number of hydrogen-bond acceptors (Lipinski definition) is 5. The molecule has 1 aromatic rings. The molecule has 1 aliphatic heterocycles. The Morgan fingerprint density at radius 3 is 2.78 bits per heavy atom. The molecule has 0 fully saturated rings. The molecule has 7 heteroatoms. The van der Waals surface area contributed by atoms with Crippen LogP contribution in [0.25, 0.3) is 0 Å². The molecular formula is C16H17ClN4O2. The number of halogens is 1. The molecule has 1 aliphatic carbocycles. The second kappa shape index (κ2) is 5.14. The third-order valence-corrected chi connectivity index (χ3v) is 4.58. The summed E-state index contributed by atoms with van der Waals surface area (Å²) in [5.74, 6) is -0.116. The van der Waals surface area contributed by atoms with Crippen LogP contribution in [0.3, 0.4) is 0 Å². The summed E-state index contributed by atoms with van der Waals surface area (Å²) in [5.41, 5.74) is 6.98. The molecule has 120 valence electrons. The Kier molecular flexibility index (Phi) is 3.49. The normalized spacial score (nSPS) is 23.4. The number of ether oxygens (including phenoxy) is 1. The second-order valence-corrected chi connectivity index (χ2v) is 7.11. The van der Waals surface area contributed by atoms with Gasteiger partial charge in [-0.3, -0.25) is 9.48 Å². The standard InChI is InChI=1S/C16H17ClN4O2/c1-16(2)4-10(22)13-11(5-16)23-15(19)8(6-18)12(13)14-9(17)7-20-21(14)3/h7,12H,4-5,19H2,1-3H3/t12-/m0/s1. The molecule has 2 aliphatic rings. The van der Waals surface area contributed by atoms with Gasteiger partial charge in [0.1, 0.15) is 17.4 Å². The highest BCUT2D eigenvalue weighted by Crippen LogP contribution is 2.48. The fourth-order valence-electron chi connectivity index (χ4n) is 3.30. The number of nitrogens with zero attached hydrogens (tertiary/aromatic N) is 3. The lowest BCUT2D eigenvalue weighted by Gasteiger charge is -2.37. The maximum absolute atomic E-state index is 12.8. The lowest BCUT2D eigenvalue weighted by molar-refractivity contribution is -0.119. The van der Waals surface area contributed by atoms with E-state index in [1.54, 1.807) is 11.7 Å². The molecule has 23 heavy (non-hydrogen) atoms. The molecule has 0 saturated carbocycles. The van der Waals surface area contributed by atoms with Crippen LogP contribution in [0.2, 0.25) is 5.02 Å². The van der Waals surface area contributed by atoms with Gasteiger partial charge in [-0.15, -0.1) is 0 Å². The zero-order valence-corrected chi connectivity index (χ0v) is 13.9. The quantitative estimate of drug-likeness (QED) is 0.852. The number of carbonyl (C=O) groups excluding carboxylic acids is 1. The molecule has 6 nitrogen and oxygen atoms in total. The minimum Gasteiger partial charge on any atom is -0.444 e. The molecule has 0 aromatic carbocycles. The van der Waals surface area contributed by atoms with Gasteiger partial charge in [-0.1, -0.05) is 25.4 Å². The van der Waals surface area contributed by atoms with Crippen molar-refractivity contribution in [3.63, 3.8) is 0 Å². The predicted molar refractivity (Wildman–Crippen MR) is 83.9 cm³/mol. The van der Waals surface area contributed by atoms with E-state index in [2.05, 4.69) is 11.2 Å². The first kappa shape index (κ1) is 15.6. The molecule has 0 unspecified atom stereocenters. The van der Waals surface area contributed by atoms with Gasteiger partial charge in [0.05, 0.1) is 22.8 Å². The van der Waals surface area contributed by atoms with Crippen molar-refractivity contribution in [2.45, 2.75) is 32.6 Å². The van der Waals surface area contributed by atoms with Gasteiger partial charge in [0.2, 0.25) is 5.88 Å². The summed E-state index contributed by atoms with van der Waals surface area (Å²) in [7, 11) is 1.72. The van der Waals surface area contributed by atoms with Crippen LogP contribution in [-0.2, 0) is 16.6 Å². The van der Waals surface area contributed by atoms with E-state index < -0.39 is 5.92 Å². The Hall–Kier alpha value is -2.26. The summed E-state index contributed by atoms with van der Waals surface area (Å²) in [4.78, 5) is 12.8. The monoisotopic (exact) mass is 332 g/mol. The summed E-state index contributed by atoms with van der Waals surface area (Å²) in [6, 6.07) is 2.06. The Bertz CT molecular complexity index is 791. The number of rotatable bonds is 1. The van der Waals surface area contributed by atoms with Crippen molar-refractivity contribution < 1.29 is 9.53 Å². The van der Waals surface area contributed by atoms with Gasteiger partial charge in [-0.25, -0.2) is 0 Å². The van der Waals surface area contributed by atoms with E-state index >= 15 is 0 Å². The van der Waals surface area contributed by atoms with Crippen LogP contribution in [0.4, 0.5) is 0 Å². The highest BCUT2D eigenvalue weighted by molar-refractivity contribution is 6.31. The van der Waals surface area contributed by atoms with Crippen LogP contribution in [0.1, 0.15) is 38.3 Å². The van der Waals surface area contributed by atoms with Gasteiger partial charge in [0.15, 0.2) is 5.78 Å². The van der Waals surface area contributed by atoms with Crippen molar-refractivity contribution >= 4 is 17.4 Å². The van der Waals surface area contributed by atoms with Gasteiger partial charge in [0, 0.05) is 25.5 Å². The number of Topliss-reactive ketones (excluding diaryl/α,β-unsaturated/α-hetero) is 1. The van der Waals surface area contributed by atoms with Crippen LogP contribution < -0.4 is 5.73 Å². The van der Waals surface area contributed by atoms with Gasteiger partial charge in [-0.05, 0) is 5.41 Å². The summed E-state index contributed by atoms with van der Waals surface area (Å²) < 4.78 is 7.20. The molecule has 1 aromatic heterocycles. The summed E-state index contributed by atoms with van der Waals surface area (Å²) in [6.45, 7) is 4.01. The maximum atomic E-state index is 12.8. The van der Waals surface area contributed by atoms with Crippen LogP contribution in [0, 0.1) is 16.7 Å². The minimum atomic E-state index is -0.632. The smallest absolute Gasteiger partial charge is 0.205 e. The van der Waals surface area contributed by atoms with Gasteiger partial charge >= 0.3 is 0 Å². The Morgan fingerprint density at radius 1 is 1.52 bits per heavy atom. The number of aromatic nitrogens is 2. The Balaban J connectivity index is 2.24. The maximum Gasteiger partial charge on any atom is 0.205 e. The third-order valence-electron chi connectivity index (χ3n) is 4.29. The Morgan fingerprint density at radius 2 is 2.22 bits per heavy atom. The highest BCUT2D eigenvalue weighted by atomic mass is 35.5. The zero-order chi connectivity index (χ0) is 16.9. The molecule has 0 spiro atoms. The number of nitrogens with two attached hydrogens (primary N) is 1. The fraction of sp³-hybridized carbons (Fsp3) is 0.438. The van der Waals surface area contributed by atoms with Crippen LogP contribution >= 0.6 is 11.6 Å². The van der Waals surface area contributed by atoms with Gasteiger partial charge < -0.3 is 10.5 Å². The molecule has 0 amide bonds. The van der Waals surface area contributed by atoms with Gasteiger partial charge in [-0.2, -0.15) is 10.4 Å². The van der Waals surface area contributed by atoms with E-state index in [9.17, 15) is 10.1 Å². The predicted octanol–water partition coefficient (Wildman–Crippen LogP) is 2.52. The van der Waals surface area contributed by atoms with Crippen LogP contribution in [0.5, 0.6) is 0 Å². The summed E-state index contributed by atoms with van der Waals surface area (Å²) in [5, 5.41) is 14.0. The lowest BCUT2D eigenvalue weighted by atomic mass is 9.71. The second-order valence-electron chi connectivity index (χ2n) is 6.70. The van der Waals surface area contributed by atoms with Crippen molar-refractivity contribution in [2.75, 3.05) is 0 Å². The molecule has 3 rings (SSSR count). The number of aryl methyl sites for hydroxylation is 1. The zero-order valence-electron chi connectivity index (χ0n) is 13.2. The third kappa shape index (κ3) is 2.41. The van der Waals surface area contributed by atoms with Crippen molar-refractivity contribution in [1.82, 2.24) is 9.78 Å². The van der Waals surface area contributed by atoms with Crippen molar-refractivity contribution in [1.29, 1.82) is 5.26 Å². The van der Waals surface area contributed by atoms with E-state index in [-0.39, 0.29) is 22.7 Å². The molecule has 1 atom stereocenters. The number of carbonyl (C=O) groups is 1. The van der Waals surface area contributed by atoms with E-state index in [1.807, 2.05) is 13.8 Å². The lowest BCUT2D eigenvalue weighted by Crippen LogP contribution is -2.34. The largest absolute Gasteiger partial charge is 0.444 e. The van der Waals surface area contributed by atoms with Crippen LogP contribution in [-0.4, -0.2) is 15.6 Å². The molecular weight excluding hydrogens is 316 g/mol. The molecule has 0 radical (unpaired) electrons. The molecule has 2 heterocycles.